The van der Waals surface area contributed by atoms with Gasteiger partial charge in [-0.05, 0) is 31.4 Å². The summed E-state index contributed by atoms with van der Waals surface area (Å²) in [5.41, 5.74) is 3.82. The van der Waals surface area contributed by atoms with Gasteiger partial charge in [0.15, 0.2) is 0 Å². The van der Waals surface area contributed by atoms with Crippen molar-refractivity contribution in [1.82, 2.24) is 0 Å². The van der Waals surface area contributed by atoms with Crippen molar-refractivity contribution < 1.29 is 5.11 Å². The summed E-state index contributed by atoms with van der Waals surface area (Å²) in [6.07, 6.45) is 5.04. The van der Waals surface area contributed by atoms with Crippen molar-refractivity contribution >= 4 is 5.71 Å². The standard InChI is InChI=1S/C12H17NO/c1-5-6-10-8(2)7-9(3)12(14)11(10)13-4/h6-7,14H,5H2,1-4H3/b10-6-,13-11?. The fourth-order valence-electron chi connectivity index (χ4n) is 1.66. The van der Waals surface area contributed by atoms with Gasteiger partial charge in [0.05, 0.1) is 0 Å². The number of aliphatic hydroxyl groups is 1. The molecule has 0 radical (unpaired) electrons. The second-order valence-corrected chi connectivity index (χ2v) is 3.46. The molecule has 0 aromatic rings. The summed E-state index contributed by atoms with van der Waals surface area (Å²) in [6.45, 7) is 6.02. The molecule has 0 atom stereocenters. The Labute approximate surface area is 85.4 Å². The zero-order valence-electron chi connectivity index (χ0n) is 9.26. The summed E-state index contributed by atoms with van der Waals surface area (Å²) in [5, 5.41) is 9.82. The first-order valence-electron chi connectivity index (χ1n) is 4.88. The molecule has 0 aromatic carbocycles. The van der Waals surface area contributed by atoms with Crippen LogP contribution in [0.3, 0.4) is 0 Å². The van der Waals surface area contributed by atoms with E-state index in [9.17, 15) is 5.11 Å². The fourth-order valence-corrected chi connectivity index (χ4v) is 1.66. The number of hydrogen-bond acceptors (Lipinski definition) is 2. The van der Waals surface area contributed by atoms with E-state index < -0.39 is 0 Å². The van der Waals surface area contributed by atoms with Gasteiger partial charge < -0.3 is 5.11 Å². The third kappa shape index (κ3) is 1.79. The van der Waals surface area contributed by atoms with Crippen molar-refractivity contribution in [2.75, 3.05) is 7.05 Å². The highest BCUT2D eigenvalue weighted by Crippen LogP contribution is 2.25. The van der Waals surface area contributed by atoms with E-state index in [1.54, 1.807) is 7.05 Å². The maximum absolute atomic E-state index is 9.82. The summed E-state index contributed by atoms with van der Waals surface area (Å²) in [7, 11) is 1.71. The lowest BCUT2D eigenvalue weighted by atomic mass is 9.91. The Morgan fingerprint density at radius 1 is 1.43 bits per heavy atom. The van der Waals surface area contributed by atoms with Crippen LogP contribution < -0.4 is 0 Å². The van der Waals surface area contributed by atoms with Gasteiger partial charge in [0.1, 0.15) is 11.5 Å². The lowest BCUT2D eigenvalue weighted by Crippen LogP contribution is -2.13. The first-order valence-corrected chi connectivity index (χ1v) is 4.88. The van der Waals surface area contributed by atoms with Crippen LogP contribution in [0.2, 0.25) is 0 Å². The van der Waals surface area contributed by atoms with Crippen LogP contribution in [0, 0.1) is 0 Å². The van der Waals surface area contributed by atoms with Gasteiger partial charge in [0.2, 0.25) is 0 Å². The van der Waals surface area contributed by atoms with Crippen LogP contribution in [-0.2, 0) is 0 Å². The van der Waals surface area contributed by atoms with Gasteiger partial charge in [-0.3, -0.25) is 4.99 Å². The molecule has 0 bridgehead atoms. The maximum Gasteiger partial charge on any atom is 0.144 e. The molecule has 0 saturated heterocycles. The van der Waals surface area contributed by atoms with Gasteiger partial charge in [0, 0.05) is 12.6 Å². The van der Waals surface area contributed by atoms with Gasteiger partial charge in [-0.15, -0.1) is 0 Å². The minimum absolute atomic E-state index is 0.304. The minimum Gasteiger partial charge on any atom is -0.505 e. The largest absolute Gasteiger partial charge is 0.505 e. The second kappa shape index (κ2) is 4.27. The molecule has 1 N–H and O–H groups in total. The highest BCUT2D eigenvalue weighted by Gasteiger charge is 2.18. The van der Waals surface area contributed by atoms with Crippen molar-refractivity contribution in [3.63, 3.8) is 0 Å². The van der Waals surface area contributed by atoms with Crippen LogP contribution in [0.15, 0.2) is 39.6 Å². The van der Waals surface area contributed by atoms with Gasteiger partial charge in [0.25, 0.3) is 0 Å². The van der Waals surface area contributed by atoms with E-state index in [-0.39, 0.29) is 0 Å². The van der Waals surface area contributed by atoms with E-state index in [2.05, 4.69) is 18.0 Å². The summed E-state index contributed by atoms with van der Waals surface area (Å²) in [5.74, 6) is 0.304. The molecular weight excluding hydrogens is 174 g/mol. The molecule has 0 saturated carbocycles. The normalized spacial score (nSPS) is 23.3. The van der Waals surface area contributed by atoms with Crippen LogP contribution in [-0.4, -0.2) is 17.9 Å². The van der Waals surface area contributed by atoms with Crippen LogP contribution in [0.25, 0.3) is 0 Å². The van der Waals surface area contributed by atoms with Crippen LogP contribution >= 0.6 is 0 Å². The first kappa shape index (κ1) is 10.8. The molecule has 0 unspecified atom stereocenters. The van der Waals surface area contributed by atoms with Gasteiger partial charge in [-0.2, -0.15) is 0 Å². The molecule has 0 heterocycles. The van der Waals surface area contributed by atoms with E-state index in [1.807, 2.05) is 19.9 Å². The van der Waals surface area contributed by atoms with Gasteiger partial charge in [-0.1, -0.05) is 19.1 Å². The Morgan fingerprint density at radius 2 is 2.07 bits per heavy atom. The molecule has 1 aliphatic carbocycles. The van der Waals surface area contributed by atoms with Gasteiger partial charge in [-0.25, -0.2) is 0 Å². The Hall–Kier alpha value is -1.31. The van der Waals surface area contributed by atoms with Crippen molar-refractivity contribution in [1.29, 1.82) is 0 Å². The summed E-state index contributed by atoms with van der Waals surface area (Å²) < 4.78 is 0. The smallest absolute Gasteiger partial charge is 0.144 e. The molecular formula is C12H17NO. The number of aliphatic imine (C=N–C) groups is 1. The maximum atomic E-state index is 9.82. The predicted molar refractivity (Wildman–Crippen MR) is 60.8 cm³/mol. The van der Waals surface area contributed by atoms with Crippen LogP contribution in [0.5, 0.6) is 0 Å². The molecule has 2 nitrogen and oxygen atoms in total. The molecule has 0 aromatic heterocycles. The second-order valence-electron chi connectivity index (χ2n) is 3.46. The van der Waals surface area contributed by atoms with Crippen LogP contribution in [0.1, 0.15) is 27.2 Å². The molecule has 14 heavy (non-hydrogen) atoms. The van der Waals surface area contributed by atoms with E-state index in [0.29, 0.717) is 11.5 Å². The van der Waals surface area contributed by atoms with Gasteiger partial charge >= 0.3 is 0 Å². The number of hydrogen-bond donors (Lipinski definition) is 1. The quantitative estimate of drug-likeness (QED) is 0.678. The van der Waals surface area contributed by atoms with Crippen molar-refractivity contribution in [3.8, 4) is 0 Å². The number of rotatable bonds is 1. The van der Waals surface area contributed by atoms with E-state index in [1.165, 1.54) is 5.57 Å². The summed E-state index contributed by atoms with van der Waals surface area (Å²) in [4.78, 5) is 4.13. The van der Waals surface area contributed by atoms with E-state index >= 15 is 0 Å². The zero-order chi connectivity index (χ0) is 10.7. The first-order chi connectivity index (χ1) is 6.61. The monoisotopic (exact) mass is 191 g/mol. The predicted octanol–water partition coefficient (Wildman–Crippen LogP) is 3.19. The average molecular weight is 191 g/mol. The zero-order valence-corrected chi connectivity index (χ0v) is 9.26. The Balaban J connectivity index is 3.27. The van der Waals surface area contributed by atoms with Crippen LogP contribution in [0.4, 0.5) is 0 Å². The lowest BCUT2D eigenvalue weighted by Gasteiger charge is -2.17. The molecule has 0 spiro atoms. The highest BCUT2D eigenvalue weighted by molar-refractivity contribution is 6.15. The molecule has 0 amide bonds. The summed E-state index contributed by atoms with van der Waals surface area (Å²) in [6, 6.07) is 0. The molecule has 76 valence electrons. The van der Waals surface area contributed by atoms with Crippen molar-refractivity contribution in [3.05, 3.63) is 34.6 Å². The van der Waals surface area contributed by atoms with E-state index in [0.717, 1.165) is 17.6 Å². The Kier molecular flexibility index (Phi) is 3.28. The molecule has 0 aliphatic heterocycles. The van der Waals surface area contributed by atoms with E-state index in [4.69, 9.17) is 0 Å². The number of allylic oxidation sites excluding steroid dienone is 5. The Morgan fingerprint density at radius 3 is 2.57 bits per heavy atom. The number of aliphatic hydroxyl groups excluding tert-OH is 1. The topological polar surface area (TPSA) is 32.6 Å². The molecule has 1 aliphatic rings. The molecule has 1 rings (SSSR count). The number of nitrogens with zero attached hydrogens (tertiary/aromatic N) is 1. The average Bonchev–Trinajstić information content (AvgIpc) is 2.15. The Bertz CT molecular complexity index is 357. The SMILES string of the molecule is CC/C=C1/C(C)=CC(C)=C(O)C1=NC. The third-order valence-corrected chi connectivity index (χ3v) is 2.34. The van der Waals surface area contributed by atoms with Crippen molar-refractivity contribution in [2.45, 2.75) is 27.2 Å². The summed E-state index contributed by atoms with van der Waals surface area (Å²) >= 11 is 0. The lowest BCUT2D eigenvalue weighted by molar-refractivity contribution is 0.437. The minimum atomic E-state index is 0.304. The van der Waals surface area contributed by atoms with Crippen molar-refractivity contribution in [2.24, 2.45) is 4.99 Å². The molecule has 2 heteroatoms. The molecule has 0 fully saturated rings. The highest BCUT2D eigenvalue weighted by atomic mass is 16.3. The third-order valence-electron chi connectivity index (χ3n) is 2.34. The fraction of sp³-hybridized carbons (Fsp3) is 0.417.